The number of carbonyl (C=O) groups is 1. The molecule has 0 aromatic heterocycles. The van der Waals surface area contributed by atoms with Gasteiger partial charge in [-0.15, -0.1) is 0 Å². The Labute approximate surface area is 132 Å². The number of hydrogen-bond acceptors (Lipinski definition) is 4. The molecule has 0 unspecified atom stereocenters. The highest BCUT2D eigenvalue weighted by molar-refractivity contribution is 5.77. The zero-order valence-corrected chi connectivity index (χ0v) is 12.4. The van der Waals surface area contributed by atoms with Crippen LogP contribution in [-0.4, -0.2) is 17.4 Å². The molecule has 2 aromatic carbocycles. The molecule has 0 atom stereocenters. The predicted octanol–water partition coefficient (Wildman–Crippen LogP) is 2.74. The van der Waals surface area contributed by atoms with Gasteiger partial charge in [0.05, 0.1) is 4.92 Å². The number of amides is 1. The quantitative estimate of drug-likeness (QED) is 0.656. The summed E-state index contributed by atoms with van der Waals surface area (Å²) in [5, 5.41) is 13.4. The smallest absolute Gasteiger partial charge is 0.310 e. The molecule has 0 spiro atoms. The number of benzene rings is 2. The van der Waals surface area contributed by atoms with Gasteiger partial charge in [0.25, 0.3) is 5.91 Å². The SMILES string of the molecule is Cc1ccc([N+](=O)[O-])c(OCC(=O)NCc2ccccc2F)c1. The highest BCUT2D eigenvalue weighted by Crippen LogP contribution is 2.27. The van der Waals surface area contributed by atoms with Gasteiger partial charge in [-0.3, -0.25) is 14.9 Å². The van der Waals surface area contributed by atoms with E-state index in [9.17, 15) is 19.3 Å². The summed E-state index contributed by atoms with van der Waals surface area (Å²) in [4.78, 5) is 22.1. The van der Waals surface area contributed by atoms with Crippen LogP contribution in [0.15, 0.2) is 42.5 Å². The summed E-state index contributed by atoms with van der Waals surface area (Å²) in [5.74, 6) is -0.886. The standard InChI is InChI=1S/C16H15FN2O4/c1-11-6-7-14(19(21)22)15(8-11)23-10-16(20)18-9-12-4-2-3-5-13(12)17/h2-8H,9-10H2,1H3,(H,18,20). The first-order valence-corrected chi connectivity index (χ1v) is 6.85. The van der Waals surface area contributed by atoms with Crippen LogP contribution in [-0.2, 0) is 11.3 Å². The molecule has 6 nitrogen and oxygen atoms in total. The fraction of sp³-hybridized carbons (Fsp3) is 0.188. The van der Waals surface area contributed by atoms with Crippen LogP contribution in [0.3, 0.4) is 0 Å². The minimum absolute atomic E-state index is 0.0186. The van der Waals surface area contributed by atoms with Crippen molar-refractivity contribution in [3.8, 4) is 5.75 Å². The van der Waals surface area contributed by atoms with E-state index in [1.54, 1.807) is 31.2 Å². The molecule has 1 amide bonds. The first-order valence-electron chi connectivity index (χ1n) is 6.85. The molecule has 120 valence electrons. The maximum Gasteiger partial charge on any atom is 0.310 e. The summed E-state index contributed by atoms with van der Waals surface area (Å²) in [5.41, 5.74) is 0.914. The van der Waals surface area contributed by atoms with Gasteiger partial charge in [-0.2, -0.15) is 0 Å². The Morgan fingerprint density at radius 2 is 2.04 bits per heavy atom. The molecule has 1 N–H and O–H groups in total. The molecule has 2 aromatic rings. The van der Waals surface area contributed by atoms with Crippen molar-refractivity contribution in [2.45, 2.75) is 13.5 Å². The second kappa shape index (κ2) is 7.35. The first-order chi connectivity index (χ1) is 11.0. The Morgan fingerprint density at radius 1 is 1.30 bits per heavy atom. The van der Waals surface area contributed by atoms with Crippen LogP contribution in [0.4, 0.5) is 10.1 Å². The van der Waals surface area contributed by atoms with E-state index in [-0.39, 0.29) is 18.0 Å². The Kier molecular flexibility index (Phi) is 5.24. The van der Waals surface area contributed by atoms with E-state index in [4.69, 9.17) is 4.74 Å². The number of rotatable bonds is 6. The zero-order valence-electron chi connectivity index (χ0n) is 12.4. The molecular formula is C16H15FN2O4. The lowest BCUT2D eigenvalue weighted by Gasteiger charge is -2.09. The maximum atomic E-state index is 13.4. The van der Waals surface area contributed by atoms with E-state index in [1.165, 1.54) is 18.2 Å². The van der Waals surface area contributed by atoms with E-state index in [0.717, 1.165) is 5.56 Å². The van der Waals surface area contributed by atoms with Crippen molar-refractivity contribution < 1.29 is 18.8 Å². The van der Waals surface area contributed by atoms with Crippen molar-refractivity contribution in [3.05, 3.63) is 69.5 Å². The number of nitrogens with zero attached hydrogens (tertiary/aromatic N) is 1. The zero-order chi connectivity index (χ0) is 16.8. The van der Waals surface area contributed by atoms with Gasteiger partial charge in [-0.05, 0) is 24.6 Å². The summed E-state index contributed by atoms with van der Waals surface area (Å²) in [6, 6.07) is 10.5. The number of carbonyl (C=O) groups excluding carboxylic acids is 1. The second-order valence-electron chi connectivity index (χ2n) is 4.89. The average Bonchev–Trinajstić information content (AvgIpc) is 2.52. The third-order valence-electron chi connectivity index (χ3n) is 3.10. The van der Waals surface area contributed by atoms with E-state index < -0.39 is 23.3 Å². The van der Waals surface area contributed by atoms with Crippen molar-refractivity contribution in [2.24, 2.45) is 0 Å². The molecule has 0 saturated heterocycles. The summed E-state index contributed by atoms with van der Waals surface area (Å²) in [7, 11) is 0. The summed E-state index contributed by atoms with van der Waals surface area (Å²) >= 11 is 0. The molecule has 2 rings (SSSR count). The summed E-state index contributed by atoms with van der Waals surface area (Å²) in [6.45, 7) is 1.39. The van der Waals surface area contributed by atoms with Crippen molar-refractivity contribution >= 4 is 11.6 Å². The lowest BCUT2D eigenvalue weighted by atomic mass is 10.2. The van der Waals surface area contributed by atoms with Crippen molar-refractivity contribution in [2.75, 3.05) is 6.61 Å². The monoisotopic (exact) mass is 318 g/mol. The number of nitro groups is 1. The topological polar surface area (TPSA) is 81.5 Å². The van der Waals surface area contributed by atoms with Crippen molar-refractivity contribution in [3.63, 3.8) is 0 Å². The van der Waals surface area contributed by atoms with Crippen LogP contribution in [0.2, 0.25) is 0 Å². The number of hydrogen-bond donors (Lipinski definition) is 1. The molecule has 0 aliphatic heterocycles. The molecule has 0 aliphatic rings. The van der Waals surface area contributed by atoms with Crippen LogP contribution >= 0.6 is 0 Å². The molecule has 0 bridgehead atoms. The first kappa shape index (κ1) is 16.4. The molecule has 7 heteroatoms. The van der Waals surface area contributed by atoms with Gasteiger partial charge in [0.2, 0.25) is 0 Å². The molecule has 0 heterocycles. The Balaban J connectivity index is 1.93. The number of nitro benzene ring substituents is 1. The van der Waals surface area contributed by atoms with E-state index >= 15 is 0 Å². The average molecular weight is 318 g/mol. The van der Waals surface area contributed by atoms with E-state index in [2.05, 4.69) is 5.32 Å². The summed E-state index contributed by atoms with van der Waals surface area (Å²) < 4.78 is 18.6. The molecule has 0 aliphatic carbocycles. The lowest BCUT2D eigenvalue weighted by Crippen LogP contribution is -2.28. The largest absolute Gasteiger partial charge is 0.477 e. The number of halogens is 1. The fourth-order valence-corrected chi connectivity index (χ4v) is 1.92. The molecular weight excluding hydrogens is 303 g/mol. The highest BCUT2D eigenvalue weighted by Gasteiger charge is 2.16. The van der Waals surface area contributed by atoms with Gasteiger partial charge >= 0.3 is 5.69 Å². The van der Waals surface area contributed by atoms with Crippen LogP contribution in [0.25, 0.3) is 0 Å². The van der Waals surface area contributed by atoms with Gasteiger partial charge in [-0.25, -0.2) is 4.39 Å². The fourth-order valence-electron chi connectivity index (χ4n) is 1.92. The molecule has 0 radical (unpaired) electrons. The van der Waals surface area contributed by atoms with Crippen LogP contribution in [0.5, 0.6) is 5.75 Å². The minimum atomic E-state index is -0.577. The Bertz CT molecular complexity index is 734. The normalized spacial score (nSPS) is 10.2. The van der Waals surface area contributed by atoms with Crippen molar-refractivity contribution in [1.82, 2.24) is 5.32 Å². The molecule has 0 fully saturated rings. The second-order valence-corrected chi connectivity index (χ2v) is 4.89. The van der Waals surface area contributed by atoms with Crippen LogP contribution in [0.1, 0.15) is 11.1 Å². The minimum Gasteiger partial charge on any atom is -0.477 e. The van der Waals surface area contributed by atoms with Crippen LogP contribution in [0, 0.1) is 22.9 Å². The predicted molar refractivity (Wildman–Crippen MR) is 81.6 cm³/mol. The lowest BCUT2D eigenvalue weighted by molar-refractivity contribution is -0.385. The third kappa shape index (κ3) is 4.50. The maximum absolute atomic E-state index is 13.4. The Morgan fingerprint density at radius 3 is 2.74 bits per heavy atom. The van der Waals surface area contributed by atoms with Gasteiger partial charge in [0.15, 0.2) is 12.4 Å². The molecule has 23 heavy (non-hydrogen) atoms. The van der Waals surface area contributed by atoms with Gasteiger partial charge in [-0.1, -0.05) is 24.3 Å². The highest BCUT2D eigenvalue weighted by atomic mass is 19.1. The Hall–Kier alpha value is -2.96. The van der Waals surface area contributed by atoms with Gasteiger partial charge < -0.3 is 10.1 Å². The van der Waals surface area contributed by atoms with Crippen LogP contribution < -0.4 is 10.1 Å². The van der Waals surface area contributed by atoms with Gasteiger partial charge in [0, 0.05) is 18.2 Å². The van der Waals surface area contributed by atoms with E-state index in [1.807, 2.05) is 0 Å². The number of aryl methyl sites for hydroxylation is 1. The third-order valence-corrected chi connectivity index (χ3v) is 3.10. The van der Waals surface area contributed by atoms with E-state index in [0.29, 0.717) is 5.56 Å². The van der Waals surface area contributed by atoms with Gasteiger partial charge in [0.1, 0.15) is 5.82 Å². The molecule has 0 saturated carbocycles. The van der Waals surface area contributed by atoms with Crippen molar-refractivity contribution in [1.29, 1.82) is 0 Å². The number of nitrogens with one attached hydrogen (secondary N) is 1. The number of ether oxygens (including phenoxy) is 1. The summed E-state index contributed by atoms with van der Waals surface area (Å²) in [6.07, 6.45) is 0.